The smallest absolute Gasteiger partial charge is 0.246 e. The van der Waals surface area contributed by atoms with Crippen molar-refractivity contribution in [2.24, 2.45) is 11.1 Å². The van der Waals surface area contributed by atoms with Gasteiger partial charge in [-0.25, -0.2) is 0 Å². The lowest BCUT2D eigenvalue weighted by molar-refractivity contribution is -0.126. The maximum atomic E-state index is 11.4. The van der Waals surface area contributed by atoms with Crippen LogP contribution in [-0.4, -0.2) is 45.9 Å². The number of rotatable bonds is 9. The molecule has 1 amide bonds. The minimum atomic E-state index is -0.0561. The molecule has 5 nitrogen and oxygen atoms in total. The third-order valence-electron chi connectivity index (χ3n) is 2.96. The van der Waals surface area contributed by atoms with Gasteiger partial charge >= 0.3 is 0 Å². The lowest BCUT2D eigenvalue weighted by atomic mass is 10.0. The Kier molecular flexibility index (Phi) is 5.73. The van der Waals surface area contributed by atoms with Gasteiger partial charge in [-0.2, -0.15) is 0 Å². The van der Waals surface area contributed by atoms with Crippen LogP contribution >= 0.6 is 0 Å². The lowest BCUT2D eigenvalue weighted by Crippen LogP contribution is -2.34. The van der Waals surface area contributed by atoms with E-state index in [-0.39, 0.29) is 17.9 Å². The fourth-order valence-electron chi connectivity index (χ4n) is 1.64. The van der Waals surface area contributed by atoms with Crippen LogP contribution in [0.25, 0.3) is 0 Å². The van der Waals surface area contributed by atoms with Crippen molar-refractivity contribution < 1.29 is 14.3 Å². The molecular weight excluding hydrogens is 208 g/mol. The zero-order valence-corrected chi connectivity index (χ0v) is 9.96. The van der Waals surface area contributed by atoms with Gasteiger partial charge in [0, 0.05) is 13.7 Å². The molecular formula is C11H22N2O3. The largest absolute Gasteiger partial charge is 0.382 e. The molecule has 3 N–H and O–H groups in total. The summed E-state index contributed by atoms with van der Waals surface area (Å²) in [7, 11) is 1.60. The highest BCUT2D eigenvalue weighted by Crippen LogP contribution is 2.47. The van der Waals surface area contributed by atoms with E-state index in [2.05, 4.69) is 5.32 Å². The number of amides is 1. The first-order valence-corrected chi connectivity index (χ1v) is 5.76. The monoisotopic (exact) mass is 230 g/mol. The van der Waals surface area contributed by atoms with Crippen molar-refractivity contribution >= 4 is 5.91 Å². The highest BCUT2D eigenvalue weighted by atomic mass is 16.5. The average molecular weight is 230 g/mol. The lowest BCUT2D eigenvalue weighted by Gasteiger charge is -2.14. The molecule has 94 valence electrons. The molecule has 0 bridgehead atoms. The molecule has 0 atom stereocenters. The first kappa shape index (κ1) is 13.4. The molecule has 1 aliphatic rings. The van der Waals surface area contributed by atoms with Crippen LogP contribution in [0.15, 0.2) is 0 Å². The number of methoxy groups -OCH3 is 1. The molecule has 0 aliphatic heterocycles. The molecule has 1 aliphatic carbocycles. The number of nitrogens with two attached hydrogens (primary N) is 1. The van der Waals surface area contributed by atoms with E-state index in [1.54, 1.807) is 7.11 Å². The summed E-state index contributed by atoms with van der Waals surface area (Å²) in [5.74, 6) is -0.0561. The second-order valence-electron chi connectivity index (χ2n) is 4.36. The van der Waals surface area contributed by atoms with Crippen LogP contribution in [0.1, 0.15) is 19.3 Å². The van der Waals surface area contributed by atoms with Crippen LogP contribution in [0.3, 0.4) is 0 Å². The van der Waals surface area contributed by atoms with Crippen LogP contribution in [0.5, 0.6) is 0 Å². The number of hydrogen-bond donors (Lipinski definition) is 2. The number of hydrogen-bond acceptors (Lipinski definition) is 4. The van der Waals surface area contributed by atoms with Crippen LogP contribution in [0, 0.1) is 5.41 Å². The van der Waals surface area contributed by atoms with Gasteiger partial charge in [0.2, 0.25) is 5.91 Å². The second kappa shape index (κ2) is 6.83. The van der Waals surface area contributed by atoms with Gasteiger partial charge in [-0.1, -0.05) is 0 Å². The molecule has 0 aromatic heterocycles. The van der Waals surface area contributed by atoms with Crippen molar-refractivity contribution in [3.8, 4) is 0 Å². The van der Waals surface area contributed by atoms with Crippen molar-refractivity contribution in [1.82, 2.24) is 5.32 Å². The van der Waals surface area contributed by atoms with E-state index in [0.717, 1.165) is 13.0 Å². The Hall–Kier alpha value is -0.650. The molecule has 0 radical (unpaired) electrons. The van der Waals surface area contributed by atoms with Crippen molar-refractivity contribution in [3.63, 3.8) is 0 Å². The molecule has 0 heterocycles. The maximum absolute atomic E-state index is 11.4. The summed E-state index contributed by atoms with van der Waals surface area (Å²) in [5.41, 5.74) is 5.81. The van der Waals surface area contributed by atoms with E-state index < -0.39 is 0 Å². The molecule has 16 heavy (non-hydrogen) atoms. The summed E-state index contributed by atoms with van der Waals surface area (Å²) >= 11 is 0. The van der Waals surface area contributed by atoms with Gasteiger partial charge in [-0.3, -0.25) is 4.79 Å². The fraction of sp³-hybridized carbons (Fsp3) is 0.909. The predicted molar refractivity (Wildman–Crippen MR) is 61.0 cm³/mol. The minimum absolute atomic E-state index is 0.0561. The van der Waals surface area contributed by atoms with Gasteiger partial charge < -0.3 is 20.5 Å². The first-order chi connectivity index (χ1) is 7.72. The van der Waals surface area contributed by atoms with Gasteiger partial charge in [-0.15, -0.1) is 0 Å². The molecule has 0 spiro atoms. The zero-order valence-electron chi connectivity index (χ0n) is 9.96. The first-order valence-electron chi connectivity index (χ1n) is 5.76. The van der Waals surface area contributed by atoms with Gasteiger partial charge in [0.15, 0.2) is 0 Å². The molecule has 1 rings (SSSR count). The summed E-state index contributed by atoms with van der Waals surface area (Å²) < 4.78 is 9.93. The topological polar surface area (TPSA) is 73.6 Å². The quantitative estimate of drug-likeness (QED) is 0.542. The molecule has 5 heteroatoms. The Morgan fingerprint density at radius 3 is 2.75 bits per heavy atom. The zero-order chi connectivity index (χ0) is 11.9. The Morgan fingerprint density at radius 2 is 2.19 bits per heavy atom. The van der Waals surface area contributed by atoms with E-state index in [0.29, 0.717) is 19.8 Å². The molecule has 1 saturated carbocycles. The predicted octanol–water partition coefficient (Wildman–Crippen LogP) is -0.105. The second-order valence-corrected chi connectivity index (χ2v) is 4.36. The summed E-state index contributed by atoms with van der Waals surface area (Å²) in [5, 5.41) is 2.89. The summed E-state index contributed by atoms with van der Waals surface area (Å²) in [6.45, 7) is 2.52. The molecule has 0 saturated heterocycles. The average Bonchev–Trinajstić information content (AvgIpc) is 3.03. The van der Waals surface area contributed by atoms with Crippen molar-refractivity contribution in [2.45, 2.75) is 19.3 Å². The number of ether oxygens (including phenoxy) is 2. The number of nitrogens with one attached hydrogen (secondary N) is 1. The van der Waals surface area contributed by atoms with Gasteiger partial charge in [0.25, 0.3) is 0 Å². The summed E-state index contributed by atoms with van der Waals surface area (Å²) in [4.78, 5) is 11.4. The van der Waals surface area contributed by atoms with Gasteiger partial charge in [0.1, 0.15) is 6.61 Å². The van der Waals surface area contributed by atoms with E-state index in [1.807, 2.05) is 0 Å². The van der Waals surface area contributed by atoms with Crippen LogP contribution in [0.4, 0.5) is 0 Å². The Bertz CT molecular complexity index is 217. The highest BCUT2D eigenvalue weighted by molar-refractivity contribution is 5.77. The van der Waals surface area contributed by atoms with E-state index in [1.165, 1.54) is 12.8 Å². The Morgan fingerprint density at radius 1 is 1.44 bits per heavy atom. The summed E-state index contributed by atoms with van der Waals surface area (Å²) in [6, 6.07) is 0. The standard InChI is InChI=1S/C11H22N2O3/c1-15-6-7-16-8-10(14)13-9-11(2-3-11)4-5-12/h2-9,12H2,1H3,(H,13,14). The Labute approximate surface area is 96.7 Å². The molecule has 1 fully saturated rings. The highest BCUT2D eigenvalue weighted by Gasteiger charge is 2.41. The fourth-order valence-corrected chi connectivity index (χ4v) is 1.64. The van der Waals surface area contributed by atoms with Crippen LogP contribution < -0.4 is 11.1 Å². The number of carbonyl (C=O) groups is 1. The van der Waals surface area contributed by atoms with E-state index in [4.69, 9.17) is 15.2 Å². The third kappa shape index (κ3) is 4.92. The van der Waals surface area contributed by atoms with Crippen molar-refractivity contribution in [2.75, 3.05) is 40.0 Å². The van der Waals surface area contributed by atoms with Crippen molar-refractivity contribution in [1.29, 1.82) is 0 Å². The summed E-state index contributed by atoms with van der Waals surface area (Å²) in [6.07, 6.45) is 3.35. The van der Waals surface area contributed by atoms with Gasteiger partial charge in [-0.05, 0) is 31.2 Å². The van der Waals surface area contributed by atoms with Crippen LogP contribution in [-0.2, 0) is 14.3 Å². The molecule has 0 aromatic carbocycles. The van der Waals surface area contributed by atoms with E-state index in [9.17, 15) is 4.79 Å². The van der Waals surface area contributed by atoms with Crippen molar-refractivity contribution in [3.05, 3.63) is 0 Å². The normalized spacial score (nSPS) is 17.1. The molecule has 0 aromatic rings. The minimum Gasteiger partial charge on any atom is -0.382 e. The van der Waals surface area contributed by atoms with Gasteiger partial charge in [0.05, 0.1) is 13.2 Å². The Balaban J connectivity index is 2.02. The third-order valence-corrected chi connectivity index (χ3v) is 2.96. The molecule has 0 unspecified atom stereocenters. The number of carbonyl (C=O) groups excluding carboxylic acids is 1. The van der Waals surface area contributed by atoms with Crippen LogP contribution in [0.2, 0.25) is 0 Å². The maximum Gasteiger partial charge on any atom is 0.246 e. The van der Waals surface area contributed by atoms with E-state index >= 15 is 0 Å². The SMILES string of the molecule is COCCOCC(=O)NCC1(CCN)CC1.